The molecular weight excluding hydrogens is 202 g/mol. The minimum atomic E-state index is 0.422. The molecule has 5 heteroatoms. The van der Waals surface area contributed by atoms with Crippen molar-refractivity contribution in [1.82, 2.24) is 15.0 Å². The van der Waals surface area contributed by atoms with Gasteiger partial charge in [0.05, 0.1) is 12.4 Å². The van der Waals surface area contributed by atoms with Gasteiger partial charge in [-0.05, 0) is 24.1 Å². The summed E-state index contributed by atoms with van der Waals surface area (Å²) < 4.78 is 0. The van der Waals surface area contributed by atoms with Gasteiger partial charge in [0, 0.05) is 18.9 Å². The molecule has 82 valence electrons. The minimum absolute atomic E-state index is 0.422. The molecule has 3 N–H and O–H groups in total. The number of aromatic nitrogens is 3. The van der Waals surface area contributed by atoms with Gasteiger partial charge in [0.2, 0.25) is 0 Å². The van der Waals surface area contributed by atoms with Crippen LogP contribution >= 0.6 is 0 Å². The Morgan fingerprint density at radius 2 is 2.12 bits per heavy atom. The minimum Gasteiger partial charge on any atom is -0.382 e. The van der Waals surface area contributed by atoms with Crippen molar-refractivity contribution in [2.45, 2.75) is 13.5 Å². The monoisotopic (exact) mass is 215 g/mol. The number of nitrogens with two attached hydrogens (primary N) is 1. The van der Waals surface area contributed by atoms with Crippen molar-refractivity contribution in [2.24, 2.45) is 0 Å². The smallest absolute Gasteiger partial charge is 0.144 e. The molecule has 0 unspecified atom stereocenters. The van der Waals surface area contributed by atoms with Crippen LogP contribution in [0.2, 0.25) is 0 Å². The summed E-state index contributed by atoms with van der Waals surface area (Å²) >= 11 is 0. The fraction of sp³-hybridized carbons (Fsp3) is 0.182. The van der Waals surface area contributed by atoms with Gasteiger partial charge in [-0.15, -0.1) is 0 Å². The summed E-state index contributed by atoms with van der Waals surface area (Å²) in [4.78, 5) is 12.1. The summed E-state index contributed by atoms with van der Waals surface area (Å²) in [6.45, 7) is 2.73. The van der Waals surface area contributed by atoms with E-state index in [0.717, 1.165) is 5.56 Å². The second kappa shape index (κ2) is 4.57. The van der Waals surface area contributed by atoms with E-state index in [1.807, 2.05) is 19.2 Å². The Labute approximate surface area is 93.8 Å². The topological polar surface area (TPSA) is 76.7 Å². The molecule has 0 saturated heterocycles. The van der Waals surface area contributed by atoms with Gasteiger partial charge < -0.3 is 11.1 Å². The van der Waals surface area contributed by atoms with Crippen molar-refractivity contribution in [3.63, 3.8) is 0 Å². The summed E-state index contributed by atoms with van der Waals surface area (Å²) in [6.07, 6.45) is 6.76. The van der Waals surface area contributed by atoms with Gasteiger partial charge in [-0.25, -0.2) is 9.97 Å². The molecule has 0 atom stereocenters. The Hall–Kier alpha value is -2.17. The third kappa shape index (κ3) is 2.44. The third-order valence-electron chi connectivity index (χ3n) is 2.27. The Morgan fingerprint density at radius 3 is 2.81 bits per heavy atom. The predicted molar refractivity (Wildman–Crippen MR) is 62.7 cm³/mol. The van der Waals surface area contributed by atoms with E-state index in [2.05, 4.69) is 20.3 Å². The van der Waals surface area contributed by atoms with Crippen molar-refractivity contribution >= 4 is 11.6 Å². The SMILES string of the molecule is Cc1cnccc1CNc1cnc(N)cn1. The largest absolute Gasteiger partial charge is 0.382 e. The highest BCUT2D eigenvalue weighted by Gasteiger charge is 1.98. The van der Waals surface area contributed by atoms with Crippen LogP contribution in [0.15, 0.2) is 30.9 Å². The molecule has 0 saturated carbocycles. The average molecular weight is 215 g/mol. The first-order valence-corrected chi connectivity index (χ1v) is 4.96. The first-order chi connectivity index (χ1) is 7.75. The first-order valence-electron chi connectivity index (χ1n) is 4.96. The van der Waals surface area contributed by atoms with Crippen molar-refractivity contribution in [3.8, 4) is 0 Å². The van der Waals surface area contributed by atoms with Crippen molar-refractivity contribution in [3.05, 3.63) is 42.0 Å². The van der Waals surface area contributed by atoms with Crippen LogP contribution in [0.5, 0.6) is 0 Å². The molecule has 2 aromatic rings. The van der Waals surface area contributed by atoms with Crippen LogP contribution in [-0.2, 0) is 6.54 Å². The molecule has 0 aliphatic carbocycles. The van der Waals surface area contributed by atoms with Gasteiger partial charge in [-0.3, -0.25) is 4.98 Å². The van der Waals surface area contributed by atoms with Crippen LogP contribution in [-0.4, -0.2) is 15.0 Å². The van der Waals surface area contributed by atoms with Crippen LogP contribution in [0, 0.1) is 6.92 Å². The van der Waals surface area contributed by atoms with Crippen molar-refractivity contribution in [2.75, 3.05) is 11.1 Å². The number of aryl methyl sites for hydroxylation is 1. The molecule has 0 aromatic carbocycles. The second-order valence-corrected chi connectivity index (χ2v) is 3.48. The number of anilines is 2. The zero-order valence-electron chi connectivity index (χ0n) is 9.01. The van der Waals surface area contributed by atoms with E-state index < -0.39 is 0 Å². The fourth-order valence-corrected chi connectivity index (χ4v) is 1.32. The maximum Gasteiger partial charge on any atom is 0.144 e. The standard InChI is InChI=1S/C11H13N5/c1-8-4-13-3-2-9(8)5-15-11-7-14-10(12)6-16-11/h2-4,6-7H,5H2,1H3,(H2,12,14)(H,15,16). The van der Waals surface area contributed by atoms with Crippen molar-refractivity contribution in [1.29, 1.82) is 0 Å². The molecule has 2 aromatic heterocycles. The molecule has 0 aliphatic heterocycles. The van der Waals surface area contributed by atoms with Crippen LogP contribution < -0.4 is 11.1 Å². The second-order valence-electron chi connectivity index (χ2n) is 3.48. The Kier molecular flexibility index (Phi) is 2.95. The first kappa shape index (κ1) is 10.4. The Morgan fingerprint density at radius 1 is 1.25 bits per heavy atom. The maximum atomic E-state index is 5.45. The molecule has 2 rings (SSSR count). The molecule has 0 fully saturated rings. The summed E-state index contributed by atoms with van der Waals surface area (Å²) in [5.41, 5.74) is 7.79. The zero-order chi connectivity index (χ0) is 11.4. The number of hydrogen-bond donors (Lipinski definition) is 2. The third-order valence-corrected chi connectivity index (χ3v) is 2.27. The normalized spacial score (nSPS) is 10.1. The number of nitrogen functional groups attached to an aromatic ring is 1. The molecule has 0 bridgehead atoms. The molecule has 0 aliphatic rings. The molecule has 0 radical (unpaired) electrons. The highest BCUT2D eigenvalue weighted by Crippen LogP contribution is 2.08. The summed E-state index contributed by atoms with van der Waals surface area (Å²) in [7, 11) is 0. The number of rotatable bonds is 3. The van der Waals surface area contributed by atoms with E-state index >= 15 is 0 Å². The van der Waals surface area contributed by atoms with Crippen LogP contribution in [0.25, 0.3) is 0 Å². The average Bonchev–Trinajstić information content (AvgIpc) is 2.30. The zero-order valence-corrected chi connectivity index (χ0v) is 9.01. The molecule has 5 nitrogen and oxygen atoms in total. The van der Waals surface area contributed by atoms with Crippen LogP contribution in [0.1, 0.15) is 11.1 Å². The van der Waals surface area contributed by atoms with Gasteiger partial charge in [0.15, 0.2) is 0 Å². The number of hydrogen-bond acceptors (Lipinski definition) is 5. The summed E-state index contributed by atoms with van der Waals surface area (Å²) in [6, 6.07) is 1.98. The van der Waals surface area contributed by atoms with E-state index in [1.54, 1.807) is 12.4 Å². The van der Waals surface area contributed by atoms with E-state index in [-0.39, 0.29) is 0 Å². The molecular formula is C11H13N5. The van der Waals surface area contributed by atoms with Crippen LogP contribution in [0.3, 0.4) is 0 Å². The number of nitrogens with zero attached hydrogens (tertiary/aromatic N) is 3. The predicted octanol–water partition coefficient (Wildman–Crippen LogP) is 1.37. The highest BCUT2D eigenvalue weighted by atomic mass is 15.0. The van der Waals surface area contributed by atoms with Gasteiger partial charge in [-0.1, -0.05) is 0 Å². The van der Waals surface area contributed by atoms with Gasteiger partial charge in [0.25, 0.3) is 0 Å². The van der Waals surface area contributed by atoms with Gasteiger partial charge >= 0.3 is 0 Å². The van der Waals surface area contributed by atoms with Gasteiger partial charge in [-0.2, -0.15) is 0 Å². The lowest BCUT2D eigenvalue weighted by molar-refractivity contribution is 1.06. The van der Waals surface area contributed by atoms with E-state index in [4.69, 9.17) is 5.73 Å². The lowest BCUT2D eigenvalue weighted by Gasteiger charge is -2.07. The summed E-state index contributed by atoms with van der Waals surface area (Å²) in [5, 5.41) is 3.17. The van der Waals surface area contributed by atoms with E-state index in [9.17, 15) is 0 Å². The molecule has 0 amide bonds. The number of pyridine rings is 1. The molecule has 0 spiro atoms. The van der Waals surface area contributed by atoms with E-state index in [0.29, 0.717) is 18.2 Å². The molecule has 2 heterocycles. The van der Waals surface area contributed by atoms with E-state index in [1.165, 1.54) is 11.8 Å². The lowest BCUT2D eigenvalue weighted by atomic mass is 10.1. The lowest BCUT2D eigenvalue weighted by Crippen LogP contribution is -2.04. The highest BCUT2D eigenvalue weighted by molar-refractivity contribution is 5.37. The quantitative estimate of drug-likeness (QED) is 0.808. The number of nitrogens with one attached hydrogen (secondary N) is 1. The summed E-state index contributed by atoms with van der Waals surface area (Å²) in [5.74, 6) is 1.14. The van der Waals surface area contributed by atoms with Crippen molar-refractivity contribution < 1.29 is 0 Å². The van der Waals surface area contributed by atoms with Crippen LogP contribution in [0.4, 0.5) is 11.6 Å². The van der Waals surface area contributed by atoms with Gasteiger partial charge in [0.1, 0.15) is 11.6 Å². The maximum absolute atomic E-state index is 5.45. The Balaban J connectivity index is 2.02. The molecule has 16 heavy (non-hydrogen) atoms. The Bertz CT molecular complexity index is 466. The fourth-order valence-electron chi connectivity index (χ4n) is 1.32.